The van der Waals surface area contributed by atoms with Crippen LogP contribution in [-0.4, -0.2) is 24.1 Å². The molecule has 2 N–H and O–H groups in total. The monoisotopic (exact) mass is 520 g/mol. The number of hydrogen-bond acceptors (Lipinski definition) is 5. The number of carbonyl (C=O) groups is 3. The van der Waals surface area contributed by atoms with E-state index in [9.17, 15) is 14.4 Å². The molecule has 3 aliphatic rings. The summed E-state index contributed by atoms with van der Waals surface area (Å²) in [5, 5.41) is 6.23. The summed E-state index contributed by atoms with van der Waals surface area (Å²) in [5.41, 5.74) is 4.96. The average molecular weight is 521 g/mol. The molecule has 5 rings (SSSR count). The molecule has 0 saturated carbocycles. The van der Waals surface area contributed by atoms with Crippen molar-refractivity contribution in [1.82, 2.24) is 5.32 Å². The number of nitrogens with one attached hydrogen (secondary N) is 2. The summed E-state index contributed by atoms with van der Waals surface area (Å²) in [5.74, 6) is 0.119. The summed E-state index contributed by atoms with van der Waals surface area (Å²) in [7, 11) is 0. The molecule has 0 saturated heterocycles. The van der Waals surface area contributed by atoms with Gasteiger partial charge in [-0.3, -0.25) is 14.4 Å². The largest absolute Gasteiger partial charge is 0.483 e. The van der Waals surface area contributed by atoms with Crippen LogP contribution in [0.2, 0.25) is 0 Å². The molecule has 0 atom stereocenters. The molecule has 2 aromatic rings. The Morgan fingerprint density at radius 1 is 0.941 bits per heavy atom. The number of para-hydroxylation sites is 1. The number of dihydropyridines is 1. The van der Waals surface area contributed by atoms with Crippen molar-refractivity contribution in [3.8, 4) is 5.75 Å². The van der Waals surface area contributed by atoms with Crippen LogP contribution in [0.3, 0.4) is 0 Å². The van der Waals surface area contributed by atoms with Crippen molar-refractivity contribution < 1.29 is 19.1 Å². The van der Waals surface area contributed by atoms with Gasteiger partial charge >= 0.3 is 0 Å². The molecule has 1 amide bonds. The Hall–Kier alpha value is -3.19. The van der Waals surface area contributed by atoms with Crippen molar-refractivity contribution in [1.29, 1.82) is 0 Å². The number of carbonyl (C=O) groups excluding carboxylic acids is 3. The van der Waals surface area contributed by atoms with Crippen molar-refractivity contribution in [3.63, 3.8) is 0 Å². The van der Waals surface area contributed by atoms with Crippen LogP contribution in [0.15, 0.2) is 75.5 Å². The number of hydrogen-bond donors (Lipinski definition) is 2. The fraction of sp³-hybridized carbons (Fsp3) is 0.296. The lowest BCUT2D eigenvalue weighted by molar-refractivity contribution is -0.118. The molecule has 2 aromatic carbocycles. The van der Waals surface area contributed by atoms with Crippen LogP contribution < -0.4 is 15.4 Å². The maximum absolute atomic E-state index is 13.0. The van der Waals surface area contributed by atoms with Gasteiger partial charge in [-0.05, 0) is 71.4 Å². The molecule has 0 aromatic heterocycles. The molecule has 34 heavy (non-hydrogen) atoms. The molecule has 1 heterocycles. The molecule has 0 radical (unpaired) electrons. The second-order valence-corrected chi connectivity index (χ2v) is 9.64. The van der Waals surface area contributed by atoms with E-state index in [1.807, 2.05) is 42.5 Å². The highest BCUT2D eigenvalue weighted by molar-refractivity contribution is 9.10. The summed E-state index contributed by atoms with van der Waals surface area (Å²) in [6, 6.07) is 14.8. The summed E-state index contributed by atoms with van der Waals surface area (Å²) < 4.78 is 6.41. The zero-order valence-corrected chi connectivity index (χ0v) is 20.2. The molecule has 0 spiro atoms. The Morgan fingerprint density at radius 2 is 1.59 bits per heavy atom. The van der Waals surface area contributed by atoms with Gasteiger partial charge < -0.3 is 15.4 Å². The number of ketones is 2. The second-order valence-electron chi connectivity index (χ2n) is 8.79. The van der Waals surface area contributed by atoms with E-state index in [-0.39, 0.29) is 30.0 Å². The molecule has 0 unspecified atom stereocenters. The van der Waals surface area contributed by atoms with Crippen LogP contribution in [0.25, 0.3) is 0 Å². The first-order chi connectivity index (χ1) is 16.5. The maximum atomic E-state index is 13.0. The summed E-state index contributed by atoms with van der Waals surface area (Å²) in [6.45, 7) is -0.137. The minimum atomic E-state index is -0.362. The lowest BCUT2D eigenvalue weighted by atomic mass is 9.71. The van der Waals surface area contributed by atoms with Gasteiger partial charge in [0.25, 0.3) is 5.91 Å². The molecule has 6 nitrogen and oxygen atoms in total. The molecule has 174 valence electrons. The van der Waals surface area contributed by atoms with E-state index >= 15 is 0 Å². The highest BCUT2D eigenvalue weighted by Gasteiger charge is 2.40. The number of amides is 1. The Labute approximate surface area is 206 Å². The number of Topliss-reactive ketones (excluding diaryl/α,β-unsaturated/α-hetero) is 2. The zero-order chi connectivity index (χ0) is 23.7. The van der Waals surface area contributed by atoms with Crippen molar-refractivity contribution in [2.75, 3.05) is 11.9 Å². The molecule has 2 aliphatic carbocycles. The Bertz CT molecular complexity index is 1190. The van der Waals surface area contributed by atoms with Gasteiger partial charge in [0.2, 0.25) is 0 Å². The van der Waals surface area contributed by atoms with E-state index in [1.54, 1.807) is 6.07 Å². The highest BCUT2D eigenvalue weighted by Crippen LogP contribution is 2.46. The molecule has 0 bridgehead atoms. The number of rotatable bonds is 5. The van der Waals surface area contributed by atoms with Gasteiger partial charge in [0.1, 0.15) is 5.75 Å². The summed E-state index contributed by atoms with van der Waals surface area (Å²) in [6.07, 6.45) is 4.31. The van der Waals surface area contributed by atoms with Gasteiger partial charge in [-0.15, -0.1) is 0 Å². The van der Waals surface area contributed by atoms with Crippen molar-refractivity contribution in [2.24, 2.45) is 0 Å². The Kier molecular flexibility index (Phi) is 6.37. The predicted molar refractivity (Wildman–Crippen MR) is 132 cm³/mol. The number of anilines is 1. The van der Waals surface area contributed by atoms with Crippen LogP contribution in [0.4, 0.5) is 5.69 Å². The van der Waals surface area contributed by atoms with Gasteiger partial charge in [0.15, 0.2) is 18.2 Å². The van der Waals surface area contributed by atoms with E-state index in [4.69, 9.17) is 4.74 Å². The van der Waals surface area contributed by atoms with Crippen molar-refractivity contribution in [2.45, 2.75) is 44.4 Å². The third-order valence-corrected chi connectivity index (χ3v) is 7.12. The van der Waals surface area contributed by atoms with Crippen LogP contribution >= 0.6 is 15.9 Å². The first kappa shape index (κ1) is 22.6. The molecule has 0 fully saturated rings. The lowest BCUT2D eigenvalue weighted by Crippen LogP contribution is -2.36. The van der Waals surface area contributed by atoms with Gasteiger partial charge in [-0.1, -0.05) is 24.3 Å². The summed E-state index contributed by atoms with van der Waals surface area (Å²) in [4.78, 5) is 38.2. The first-order valence-corrected chi connectivity index (χ1v) is 12.4. The average Bonchev–Trinajstić information content (AvgIpc) is 2.83. The van der Waals surface area contributed by atoms with Gasteiger partial charge in [-0.2, -0.15) is 0 Å². The van der Waals surface area contributed by atoms with Crippen LogP contribution in [0.5, 0.6) is 5.75 Å². The fourth-order valence-corrected chi connectivity index (χ4v) is 5.50. The minimum Gasteiger partial charge on any atom is -0.483 e. The summed E-state index contributed by atoms with van der Waals surface area (Å²) >= 11 is 3.56. The van der Waals surface area contributed by atoms with Gasteiger partial charge in [0.05, 0.1) is 4.47 Å². The van der Waals surface area contributed by atoms with E-state index in [1.165, 1.54) is 0 Å². The van der Waals surface area contributed by atoms with Crippen LogP contribution in [0.1, 0.15) is 50.0 Å². The smallest absolute Gasteiger partial charge is 0.262 e. The fourth-order valence-electron chi connectivity index (χ4n) is 4.99. The van der Waals surface area contributed by atoms with Gasteiger partial charge in [0, 0.05) is 47.0 Å². The van der Waals surface area contributed by atoms with E-state index in [0.29, 0.717) is 28.8 Å². The quantitative estimate of drug-likeness (QED) is 0.568. The lowest BCUT2D eigenvalue weighted by Gasteiger charge is -2.37. The maximum Gasteiger partial charge on any atom is 0.262 e. The van der Waals surface area contributed by atoms with E-state index in [2.05, 4.69) is 26.6 Å². The Morgan fingerprint density at radius 3 is 2.21 bits per heavy atom. The molecule has 7 heteroatoms. The predicted octanol–water partition coefficient (Wildman–Crippen LogP) is 5.17. The molecule has 1 aliphatic heterocycles. The third-order valence-electron chi connectivity index (χ3n) is 6.50. The van der Waals surface area contributed by atoms with Crippen LogP contribution in [-0.2, 0) is 14.4 Å². The topological polar surface area (TPSA) is 84.5 Å². The third kappa shape index (κ3) is 4.44. The van der Waals surface area contributed by atoms with E-state index < -0.39 is 0 Å². The SMILES string of the molecule is O=C(COc1ccc(C2C3=C(CCCC3=O)NC3=C2C(=O)CCC3)cc1Br)Nc1ccccc1. The highest BCUT2D eigenvalue weighted by atomic mass is 79.9. The zero-order valence-electron chi connectivity index (χ0n) is 18.7. The minimum absolute atomic E-state index is 0.109. The number of benzene rings is 2. The van der Waals surface area contributed by atoms with Crippen molar-refractivity contribution >= 4 is 39.1 Å². The number of ether oxygens (including phenoxy) is 1. The second kappa shape index (κ2) is 9.58. The van der Waals surface area contributed by atoms with Crippen molar-refractivity contribution in [3.05, 3.63) is 81.1 Å². The Balaban J connectivity index is 1.39. The number of halogens is 1. The standard InChI is InChI=1S/C27H25BrN2O4/c28-18-14-16(12-13-23(18)34-15-24(33)29-17-6-2-1-3-7-17)25-26-19(8-4-10-21(26)31)30-20-9-5-11-22(32)27(20)25/h1-3,6-7,12-14,25,30H,4-5,8-11,15H2,(H,29,33). The normalized spacial score (nSPS) is 18.3. The first-order valence-electron chi connectivity index (χ1n) is 11.6. The number of allylic oxidation sites excluding steroid dienone is 4. The molecular formula is C27H25BrN2O4. The van der Waals surface area contributed by atoms with Gasteiger partial charge in [-0.25, -0.2) is 0 Å². The van der Waals surface area contributed by atoms with Crippen LogP contribution in [0, 0.1) is 0 Å². The molecular weight excluding hydrogens is 496 g/mol. The van der Waals surface area contributed by atoms with E-state index in [0.717, 1.165) is 53.8 Å².